The van der Waals surface area contributed by atoms with Gasteiger partial charge in [-0.3, -0.25) is 14.9 Å². The van der Waals surface area contributed by atoms with Crippen molar-refractivity contribution in [2.75, 3.05) is 13.7 Å². The quantitative estimate of drug-likeness (QED) is 0.609. The van der Waals surface area contributed by atoms with Gasteiger partial charge >= 0.3 is 5.97 Å². The van der Waals surface area contributed by atoms with Crippen LogP contribution < -0.4 is 9.47 Å². The molecular formula is C13H17NO6. The van der Waals surface area contributed by atoms with Gasteiger partial charge < -0.3 is 14.6 Å². The van der Waals surface area contributed by atoms with Crippen LogP contribution in [0.25, 0.3) is 0 Å². The number of hydrogen-bond donors (Lipinski definition) is 1. The van der Waals surface area contributed by atoms with E-state index in [4.69, 9.17) is 14.6 Å². The fourth-order valence-corrected chi connectivity index (χ4v) is 1.41. The van der Waals surface area contributed by atoms with Gasteiger partial charge in [0.25, 0.3) is 5.69 Å². The minimum absolute atomic E-state index is 0.113. The van der Waals surface area contributed by atoms with Crippen LogP contribution >= 0.6 is 0 Å². The van der Waals surface area contributed by atoms with E-state index in [2.05, 4.69) is 0 Å². The summed E-state index contributed by atoms with van der Waals surface area (Å²) in [5.41, 5.74) is -1.04. The summed E-state index contributed by atoms with van der Waals surface area (Å²) in [6.45, 7) is 3.30. The molecule has 0 heterocycles. The Kier molecular flexibility index (Phi) is 4.90. The number of nitrogens with zero attached hydrogens (tertiary/aromatic N) is 1. The van der Waals surface area contributed by atoms with Crippen molar-refractivity contribution in [3.8, 4) is 11.5 Å². The topological polar surface area (TPSA) is 98.9 Å². The van der Waals surface area contributed by atoms with Crippen LogP contribution in [-0.4, -0.2) is 29.7 Å². The third kappa shape index (κ3) is 3.84. The number of carboxylic acid groups (broad SMARTS) is 1. The van der Waals surface area contributed by atoms with Gasteiger partial charge in [0.05, 0.1) is 30.1 Å². The molecule has 1 rings (SSSR count). The Morgan fingerprint density at radius 1 is 1.40 bits per heavy atom. The number of benzene rings is 1. The molecule has 20 heavy (non-hydrogen) atoms. The molecule has 0 bridgehead atoms. The number of nitro groups is 1. The maximum Gasteiger partial charge on any atom is 0.309 e. The van der Waals surface area contributed by atoms with E-state index in [-0.39, 0.29) is 24.5 Å². The highest BCUT2D eigenvalue weighted by atomic mass is 16.6. The van der Waals surface area contributed by atoms with Crippen molar-refractivity contribution in [1.82, 2.24) is 0 Å². The van der Waals surface area contributed by atoms with Crippen molar-refractivity contribution in [3.63, 3.8) is 0 Å². The number of methoxy groups -OCH3 is 1. The SMILES string of the molecule is COc1ccc([N+](=O)[O-])cc1OCCC(C)(C)C(=O)O. The summed E-state index contributed by atoms with van der Waals surface area (Å²) >= 11 is 0. The minimum atomic E-state index is -0.924. The lowest BCUT2D eigenvalue weighted by atomic mass is 9.90. The van der Waals surface area contributed by atoms with Crippen LogP contribution in [0.5, 0.6) is 11.5 Å². The van der Waals surface area contributed by atoms with Crippen LogP contribution in [0, 0.1) is 15.5 Å². The molecule has 1 aromatic carbocycles. The van der Waals surface area contributed by atoms with Crippen LogP contribution in [0.4, 0.5) is 5.69 Å². The lowest BCUT2D eigenvalue weighted by molar-refractivity contribution is -0.385. The molecule has 0 saturated carbocycles. The summed E-state index contributed by atoms with van der Waals surface area (Å²) in [6.07, 6.45) is 0.272. The number of carboxylic acids is 1. The molecule has 0 saturated heterocycles. The van der Waals surface area contributed by atoms with Crippen LogP contribution in [-0.2, 0) is 4.79 Å². The third-order valence-electron chi connectivity index (χ3n) is 2.92. The predicted molar refractivity (Wildman–Crippen MR) is 71.2 cm³/mol. The van der Waals surface area contributed by atoms with Gasteiger partial charge in [-0.2, -0.15) is 0 Å². The second-order valence-electron chi connectivity index (χ2n) is 4.88. The number of carbonyl (C=O) groups is 1. The Hall–Kier alpha value is -2.31. The van der Waals surface area contributed by atoms with E-state index in [1.165, 1.54) is 25.3 Å². The molecule has 0 aromatic heterocycles. The Bertz CT molecular complexity index is 512. The first-order chi connectivity index (χ1) is 9.27. The van der Waals surface area contributed by atoms with E-state index >= 15 is 0 Å². The van der Waals surface area contributed by atoms with E-state index in [9.17, 15) is 14.9 Å². The first-order valence-corrected chi connectivity index (χ1v) is 5.96. The summed E-state index contributed by atoms with van der Waals surface area (Å²) in [7, 11) is 1.43. The summed E-state index contributed by atoms with van der Waals surface area (Å²) < 4.78 is 10.5. The first kappa shape index (κ1) is 15.7. The molecule has 1 N–H and O–H groups in total. The van der Waals surface area contributed by atoms with Crippen LogP contribution in [0.15, 0.2) is 18.2 Å². The van der Waals surface area contributed by atoms with E-state index < -0.39 is 16.3 Å². The van der Waals surface area contributed by atoms with Crippen LogP contribution in [0.3, 0.4) is 0 Å². The number of hydrogen-bond acceptors (Lipinski definition) is 5. The second-order valence-corrected chi connectivity index (χ2v) is 4.88. The normalized spacial score (nSPS) is 10.9. The zero-order valence-electron chi connectivity index (χ0n) is 11.6. The highest BCUT2D eigenvalue weighted by molar-refractivity contribution is 5.73. The van der Waals surface area contributed by atoms with Gasteiger partial charge in [0.2, 0.25) is 0 Å². The lowest BCUT2D eigenvalue weighted by Gasteiger charge is -2.19. The van der Waals surface area contributed by atoms with Gasteiger partial charge in [-0.05, 0) is 26.3 Å². The number of nitro benzene ring substituents is 1. The summed E-state index contributed by atoms with van der Waals surface area (Å²) in [4.78, 5) is 21.1. The molecule has 7 heteroatoms. The Morgan fingerprint density at radius 3 is 2.55 bits per heavy atom. The highest BCUT2D eigenvalue weighted by Crippen LogP contribution is 2.32. The molecule has 0 aliphatic heterocycles. The van der Waals surface area contributed by atoms with Crippen molar-refractivity contribution in [3.05, 3.63) is 28.3 Å². The van der Waals surface area contributed by atoms with E-state index in [1.54, 1.807) is 13.8 Å². The largest absolute Gasteiger partial charge is 0.493 e. The highest BCUT2D eigenvalue weighted by Gasteiger charge is 2.27. The molecule has 7 nitrogen and oxygen atoms in total. The number of ether oxygens (including phenoxy) is 2. The zero-order chi connectivity index (χ0) is 15.3. The Morgan fingerprint density at radius 2 is 2.05 bits per heavy atom. The van der Waals surface area contributed by atoms with Crippen molar-refractivity contribution >= 4 is 11.7 Å². The summed E-state index contributed by atoms with van der Waals surface area (Å²) in [5.74, 6) is -0.335. The van der Waals surface area contributed by atoms with Crippen LogP contribution in [0.1, 0.15) is 20.3 Å². The van der Waals surface area contributed by atoms with E-state index in [0.29, 0.717) is 5.75 Å². The van der Waals surface area contributed by atoms with E-state index in [1.807, 2.05) is 0 Å². The lowest BCUT2D eigenvalue weighted by Crippen LogP contribution is -2.25. The van der Waals surface area contributed by atoms with Gasteiger partial charge in [-0.1, -0.05) is 0 Å². The number of aliphatic carboxylic acids is 1. The predicted octanol–water partition coefficient (Wildman–Crippen LogP) is 2.48. The maximum atomic E-state index is 11.0. The van der Waals surface area contributed by atoms with Crippen molar-refractivity contribution in [2.24, 2.45) is 5.41 Å². The summed E-state index contributed by atoms with van der Waals surface area (Å²) in [6, 6.07) is 4.01. The summed E-state index contributed by atoms with van der Waals surface area (Å²) in [5, 5.41) is 19.7. The molecule has 0 aliphatic carbocycles. The maximum absolute atomic E-state index is 11.0. The van der Waals surface area contributed by atoms with Gasteiger partial charge in [0.1, 0.15) is 0 Å². The number of rotatable bonds is 7. The molecule has 110 valence electrons. The molecule has 0 amide bonds. The molecule has 0 radical (unpaired) electrons. The van der Waals surface area contributed by atoms with Crippen molar-refractivity contribution < 1.29 is 24.3 Å². The van der Waals surface area contributed by atoms with Crippen LogP contribution in [0.2, 0.25) is 0 Å². The molecule has 0 fully saturated rings. The fraction of sp³-hybridized carbons (Fsp3) is 0.462. The van der Waals surface area contributed by atoms with Crippen molar-refractivity contribution in [2.45, 2.75) is 20.3 Å². The second kappa shape index (κ2) is 6.23. The molecule has 0 atom stereocenters. The Labute approximate surface area is 116 Å². The molecule has 0 spiro atoms. The van der Waals surface area contributed by atoms with Gasteiger partial charge in [-0.15, -0.1) is 0 Å². The Balaban J connectivity index is 2.78. The molecule has 0 unspecified atom stereocenters. The fourth-order valence-electron chi connectivity index (χ4n) is 1.41. The third-order valence-corrected chi connectivity index (χ3v) is 2.92. The van der Waals surface area contributed by atoms with E-state index in [0.717, 1.165) is 0 Å². The molecular weight excluding hydrogens is 266 g/mol. The minimum Gasteiger partial charge on any atom is -0.493 e. The average molecular weight is 283 g/mol. The molecule has 0 aliphatic rings. The molecule has 1 aromatic rings. The van der Waals surface area contributed by atoms with Gasteiger partial charge in [0, 0.05) is 6.07 Å². The van der Waals surface area contributed by atoms with Gasteiger partial charge in [-0.25, -0.2) is 0 Å². The first-order valence-electron chi connectivity index (χ1n) is 5.96. The van der Waals surface area contributed by atoms with Crippen molar-refractivity contribution in [1.29, 1.82) is 0 Å². The number of non-ortho nitro benzene ring substituents is 1. The average Bonchev–Trinajstić information content (AvgIpc) is 2.38. The monoisotopic (exact) mass is 283 g/mol. The van der Waals surface area contributed by atoms with Gasteiger partial charge in [0.15, 0.2) is 11.5 Å². The standard InChI is InChI=1S/C13H17NO6/c1-13(2,12(15)16)6-7-20-11-8-9(14(17)18)4-5-10(11)19-3/h4-5,8H,6-7H2,1-3H3,(H,15,16). The zero-order valence-corrected chi connectivity index (χ0v) is 11.6. The smallest absolute Gasteiger partial charge is 0.309 e.